The van der Waals surface area contributed by atoms with Crippen molar-refractivity contribution in [3.63, 3.8) is 0 Å². The summed E-state index contributed by atoms with van der Waals surface area (Å²) in [5.74, 6) is 0.586. The van der Waals surface area contributed by atoms with E-state index in [4.69, 9.17) is 5.73 Å². The first-order valence-corrected chi connectivity index (χ1v) is 13.1. The fourth-order valence-corrected chi connectivity index (χ4v) is 6.36. The first kappa shape index (κ1) is 23.3. The number of aryl methyl sites for hydroxylation is 1. The van der Waals surface area contributed by atoms with Crippen molar-refractivity contribution in [1.82, 2.24) is 4.90 Å². The van der Waals surface area contributed by atoms with Gasteiger partial charge in [0.05, 0.1) is 12.2 Å². The monoisotopic (exact) mass is 459 g/mol. The van der Waals surface area contributed by atoms with E-state index >= 15 is 0 Å². The summed E-state index contributed by atoms with van der Waals surface area (Å²) >= 11 is 0. The number of rotatable bonds is 6. The number of hydrogen-bond donors (Lipinski definition) is 2. The first-order chi connectivity index (χ1) is 16.6. The number of piperidine rings is 1. The van der Waals surface area contributed by atoms with Crippen LogP contribution >= 0.6 is 0 Å². The quantitative estimate of drug-likeness (QED) is 0.606. The number of nitrogens with zero attached hydrogens (tertiary/aromatic N) is 1. The average molecular weight is 460 g/mol. The summed E-state index contributed by atoms with van der Waals surface area (Å²) in [6.07, 6.45) is 8.47. The number of anilines is 1. The van der Waals surface area contributed by atoms with Crippen molar-refractivity contribution in [3.05, 3.63) is 65.7 Å². The van der Waals surface area contributed by atoms with E-state index in [1.165, 1.54) is 12.0 Å². The number of likely N-dealkylation sites (tertiary alicyclic amines) is 1. The summed E-state index contributed by atoms with van der Waals surface area (Å²) in [4.78, 5) is 29.3. The topological polar surface area (TPSA) is 75.4 Å². The standard InChI is InChI=1S/C29H37N3O2/c30-26-19-23(28(33)21-10-3-1-4-11-21)17-18-32(26)27(29(34)22-12-5-2-6-13-22)25-16-15-20-9-7-8-14-24(20)31-25/h1,3-4,7-11,14,22-23,25-27,31H,2,5-6,12-13,15-19,30H2. The van der Waals surface area contributed by atoms with Crippen molar-refractivity contribution >= 4 is 17.3 Å². The molecule has 1 saturated carbocycles. The first-order valence-electron chi connectivity index (χ1n) is 13.1. The molecule has 2 fully saturated rings. The van der Waals surface area contributed by atoms with Gasteiger partial charge in [-0.2, -0.15) is 0 Å². The predicted molar refractivity (Wildman–Crippen MR) is 136 cm³/mol. The molecular weight excluding hydrogens is 422 g/mol. The van der Waals surface area contributed by atoms with Crippen LogP contribution in [0.2, 0.25) is 0 Å². The Hall–Kier alpha value is -2.50. The van der Waals surface area contributed by atoms with E-state index in [1.807, 2.05) is 30.3 Å². The number of Topliss-reactive ketones (excluding diaryl/α,β-unsaturated/α-hetero) is 2. The van der Waals surface area contributed by atoms with Crippen LogP contribution in [-0.4, -0.2) is 41.3 Å². The second-order valence-electron chi connectivity index (χ2n) is 10.4. The lowest BCUT2D eigenvalue weighted by atomic mass is 9.78. The minimum atomic E-state index is -0.289. The molecular formula is C29H37N3O2. The lowest BCUT2D eigenvalue weighted by Crippen LogP contribution is -2.62. The summed E-state index contributed by atoms with van der Waals surface area (Å²) in [5, 5.41) is 3.71. The van der Waals surface area contributed by atoms with Crippen LogP contribution in [0.15, 0.2) is 54.6 Å². The van der Waals surface area contributed by atoms with Crippen LogP contribution in [0.1, 0.15) is 67.3 Å². The van der Waals surface area contributed by atoms with Crippen LogP contribution < -0.4 is 11.1 Å². The van der Waals surface area contributed by atoms with Gasteiger partial charge < -0.3 is 11.1 Å². The number of hydrogen-bond acceptors (Lipinski definition) is 5. The highest BCUT2D eigenvalue weighted by Gasteiger charge is 2.43. The molecule has 3 N–H and O–H groups in total. The molecule has 5 nitrogen and oxygen atoms in total. The van der Waals surface area contributed by atoms with Crippen LogP contribution in [0.3, 0.4) is 0 Å². The van der Waals surface area contributed by atoms with Gasteiger partial charge >= 0.3 is 0 Å². The van der Waals surface area contributed by atoms with Gasteiger partial charge in [0.2, 0.25) is 0 Å². The Morgan fingerprint density at radius 3 is 2.38 bits per heavy atom. The highest BCUT2D eigenvalue weighted by atomic mass is 16.1. The lowest BCUT2D eigenvalue weighted by molar-refractivity contribution is -0.131. The van der Waals surface area contributed by atoms with Crippen molar-refractivity contribution in [2.75, 3.05) is 11.9 Å². The molecule has 0 spiro atoms. The normalized spacial score (nSPS) is 26.8. The van der Waals surface area contributed by atoms with Gasteiger partial charge in [-0.15, -0.1) is 0 Å². The summed E-state index contributed by atoms with van der Waals surface area (Å²) in [6.45, 7) is 0.688. The molecule has 4 unspecified atom stereocenters. The lowest BCUT2D eigenvalue weighted by Gasteiger charge is -2.46. The number of ketones is 2. The molecule has 0 bridgehead atoms. The zero-order valence-electron chi connectivity index (χ0n) is 20.0. The fraction of sp³-hybridized carbons (Fsp3) is 0.517. The van der Waals surface area contributed by atoms with E-state index < -0.39 is 0 Å². The Kier molecular flexibility index (Phi) is 7.12. The Labute approximate surface area is 203 Å². The van der Waals surface area contributed by atoms with Gasteiger partial charge in [-0.05, 0) is 50.2 Å². The molecule has 0 amide bonds. The predicted octanol–water partition coefficient (Wildman–Crippen LogP) is 4.81. The smallest absolute Gasteiger partial charge is 0.166 e. The van der Waals surface area contributed by atoms with Crippen LogP contribution in [-0.2, 0) is 11.2 Å². The highest BCUT2D eigenvalue weighted by molar-refractivity contribution is 5.98. The van der Waals surface area contributed by atoms with Crippen molar-refractivity contribution in [3.8, 4) is 0 Å². The molecule has 3 aliphatic rings. The highest BCUT2D eigenvalue weighted by Crippen LogP contribution is 2.35. The maximum atomic E-state index is 14.0. The van der Waals surface area contributed by atoms with Gasteiger partial charge in [0, 0.05) is 35.7 Å². The van der Waals surface area contributed by atoms with Gasteiger partial charge in [0.1, 0.15) is 0 Å². The third-order valence-corrected chi connectivity index (χ3v) is 8.24. The SMILES string of the molecule is NC1CC(C(=O)c2ccccc2)CCN1C(C(=O)C1CCCCC1)C1CCc2ccccc2N1. The molecule has 0 radical (unpaired) electrons. The Morgan fingerprint density at radius 2 is 1.62 bits per heavy atom. The number of nitrogens with two attached hydrogens (primary N) is 1. The molecule has 5 heteroatoms. The molecule has 2 heterocycles. The fourth-order valence-electron chi connectivity index (χ4n) is 6.36. The van der Waals surface area contributed by atoms with E-state index in [0.29, 0.717) is 18.7 Å². The van der Waals surface area contributed by atoms with E-state index in [0.717, 1.165) is 56.2 Å². The molecule has 4 atom stereocenters. The molecule has 2 aromatic rings. The van der Waals surface area contributed by atoms with Gasteiger partial charge in [-0.1, -0.05) is 67.8 Å². The summed E-state index contributed by atoms with van der Waals surface area (Å²) in [7, 11) is 0. The number of nitrogens with one attached hydrogen (secondary N) is 1. The maximum absolute atomic E-state index is 14.0. The van der Waals surface area contributed by atoms with Crippen molar-refractivity contribution in [1.29, 1.82) is 0 Å². The average Bonchev–Trinajstić information content (AvgIpc) is 2.90. The number of carbonyl (C=O) groups excluding carboxylic acids is 2. The summed E-state index contributed by atoms with van der Waals surface area (Å²) < 4.78 is 0. The minimum absolute atomic E-state index is 0.0525. The zero-order valence-corrected chi connectivity index (χ0v) is 20.0. The minimum Gasteiger partial charge on any atom is -0.380 e. The molecule has 0 aromatic heterocycles. The van der Waals surface area contributed by atoms with Crippen LogP contribution in [0, 0.1) is 11.8 Å². The molecule has 2 aliphatic heterocycles. The van der Waals surface area contributed by atoms with Crippen LogP contribution in [0.25, 0.3) is 0 Å². The largest absolute Gasteiger partial charge is 0.380 e. The van der Waals surface area contributed by atoms with Crippen molar-refractivity contribution in [2.24, 2.45) is 17.6 Å². The number of fused-ring (bicyclic) bond motifs is 1. The molecule has 1 aliphatic carbocycles. The van der Waals surface area contributed by atoms with Crippen molar-refractivity contribution < 1.29 is 9.59 Å². The van der Waals surface area contributed by atoms with Crippen LogP contribution in [0.4, 0.5) is 5.69 Å². The van der Waals surface area contributed by atoms with E-state index in [1.54, 1.807) is 0 Å². The summed E-state index contributed by atoms with van der Waals surface area (Å²) in [6, 6.07) is 17.8. The second kappa shape index (κ2) is 10.4. The van der Waals surface area contributed by atoms with Gasteiger partial charge in [-0.25, -0.2) is 0 Å². The molecule has 2 aromatic carbocycles. The van der Waals surface area contributed by atoms with E-state index in [2.05, 4.69) is 34.5 Å². The van der Waals surface area contributed by atoms with E-state index in [9.17, 15) is 9.59 Å². The summed E-state index contributed by atoms with van der Waals surface area (Å²) in [5.41, 5.74) is 9.97. The van der Waals surface area contributed by atoms with Crippen molar-refractivity contribution in [2.45, 2.75) is 76.0 Å². The third-order valence-electron chi connectivity index (χ3n) is 8.24. The zero-order chi connectivity index (χ0) is 23.5. The van der Waals surface area contributed by atoms with Gasteiger partial charge in [0.25, 0.3) is 0 Å². The number of carbonyl (C=O) groups is 2. The Bertz CT molecular complexity index is 1000. The second-order valence-corrected chi connectivity index (χ2v) is 10.4. The van der Waals surface area contributed by atoms with Gasteiger partial charge in [-0.3, -0.25) is 14.5 Å². The number of para-hydroxylation sites is 1. The Morgan fingerprint density at radius 1 is 0.882 bits per heavy atom. The Balaban J connectivity index is 1.36. The maximum Gasteiger partial charge on any atom is 0.166 e. The molecule has 1 saturated heterocycles. The molecule has 180 valence electrons. The molecule has 5 rings (SSSR count). The van der Waals surface area contributed by atoms with Gasteiger partial charge in [0.15, 0.2) is 11.6 Å². The van der Waals surface area contributed by atoms with E-state index in [-0.39, 0.29) is 35.9 Å². The third kappa shape index (κ3) is 4.82. The number of benzene rings is 2. The van der Waals surface area contributed by atoms with Crippen LogP contribution in [0.5, 0.6) is 0 Å². The molecule has 34 heavy (non-hydrogen) atoms.